The maximum atomic E-state index is 12.4. The SMILES string of the molecule is CCC(CC)N(CC(C)C)C(=O)CC(N)C1CC1. The van der Waals surface area contributed by atoms with Crippen LogP contribution in [0.2, 0.25) is 0 Å². The smallest absolute Gasteiger partial charge is 0.224 e. The molecule has 1 saturated carbocycles. The van der Waals surface area contributed by atoms with Crippen molar-refractivity contribution in [3.05, 3.63) is 0 Å². The highest BCUT2D eigenvalue weighted by Gasteiger charge is 2.32. The zero-order valence-electron chi connectivity index (χ0n) is 12.5. The predicted molar refractivity (Wildman–Crippen MR) is 76.2 cm³/mol. The van der Waals surface area contributed by atoms with Crippen LogP contribution in [0, 0.1) is 11.8 Å². The number of amides is 1. The maximum absolute atomic E-state index is 12.4. The lowest BCUT2D eigenvalue weighted by Crippen LogP contribution is -2.44. The van der Waals surface area contributed by atoms with E-state index in [4.69, 9.17) is 5.73 Å². The van der Waals surface area contributed by atoms with E-state index in [9.17, 15) is 4.79 Å². The van der Waals surface area contributed by atoms with Crippen LogP contribution in [0.1, 0.15) is 59.8 Å². The molecule has 0 saturated heterocycles. The Kier molecular flexibility index (Phi) is 6.13. The van der Waals surface area contributed by atoms with Crippen molar-refractivity contribution in [3.63, 3.8) is 0 Å². The number of nitrogens with two attached hydrogens (primary N) is 1. The third-order valence-electron chi connectivity index (χ3n) is 3.90. The molecule has 0 aromatic heterocycles. The molecule has 0 radical (unpaired) electrons. The summed E-state index contributed by atoms with van der Waals surface area (Å²) in [7, 11) is 0. The van der Waals surface area contributed by atoms with Crippen molar-refractivity contribution < 1.29 is 4.79 Å². The Morgan fingerprint density at radius 2 is 1.83 bits per heavy atom. The van der Waals surface area contributed by atoms with Gasteiger partial charge in [-0.2, -0.15) is 0 Å². The molecule has 0 spiro atoms. The van der Waals surface area contributed by atoms with Gasteiger partial charge in [-0.05, 0) is 37.5 Å². The first-order chi connectivity index (χ1) is 8.49. The molecule has 0 bridgehead atoms. The van der Waals surface area contributed by atoms with E-state index in [1.54, 1.807) is 0 Å². The van der Waals surface area contributed by atoms with Crippen LogP contribution >= 0.6 is 0 Å². The van der Waals surface area contributed by atoms with E-state index in [1.165, 1.54) is 12.8 Å². The molecule has 1 unspecified atom stereocenters. The van der Waals surface area contributed by atoms with Gasteiger partial charge >= 0.3 is 0 Å². The molecule has 1 amide bonds. The fourth-order valence-electron chi connectivity index (χ4n) is 2.59. The van der Waals surface area contributed by atoms with Gasteiger partial charge in [0.2, 0.25) is 5.91 Å². The van der Waals surface area contributed by atoms with Gasteiger partial charge in [-0.3, -0.25) is 4.79 Å². The van der Waals surface area contributed by atoms with Crippen LogP contribution < -0.4 is 5.73 Å². The molecule has 0 aromatic carbocycles. The highest BCUT2D eigenvalue weighted by Crippen LogP contribution is 2.33. The Bertz CT molecular complexity index is 257. The van der Waals surface area contributed by atoms with Crippen molar-refractivity contribution in [3.8, 4) is 0 Å². The summed E-state index contributed by atoms with van der Waals surface area (Å²) in [4.78, 5) is 14.5. The molecule has 2 N–H and O–H groups in total. The van der Waals surface area contributed by atoms with Gasteiger partial charge in [-0.25, -0.2) is 0 Å². The minimum atomic E-state index is 0.0847. The molecule has 1 atom stereocenters. The average Bonchev–Trinajstić information content (AvgIpc) is 3.12. The van der Waals surface area contributed by atoms with Crippen LogP contribution in [-0.2, 0) is 4.79 Å². The third kappa shape index (κ3) is 4.60. The normalized spacial score (nSPS) is 17.3. The van der Waals surface area contributed by atoms with Crippen molar-refractivity contribution in [2.75, 3.05) is 6.54 Å². The minimum Gasteiger partial charge on any atom is -0.339 e. The van der Waals surface area contributed by atoms with Crippen molar-refractivity contribution in [2.45, 2.75) is 71.9 Å². The number of hydrogen-bond acceptors (Lipinski definition) is 2. The van der Waals surface area contributed by atoms with E-state index in [-0.39, 0.29) is 11.9 Å². The Balaban J connectivity index is 2.58. The lowest BCUT2D eigenvalue weighted by Gasteiger charge is -2.33. The van der Waals surface area contributed by atoms with Crippen LogP contribution in [0.5, 0.6) is 0 Å². The first kappa shape index (κ1) is 15.5. The van der Waals surface area contributed by atoms with Crippen LogP contribution in [0.25, 0.3) is 0 Å². The summed E-state index contributed by atoms with van der Waals surface area (Å²) in [6, 6.07) is 0.466. The first-order valence-corrected chi connectivity index (χ1v) is 7.54. The van der Waals surface area contributed by atoms with Gasteiger partial charge in [-0.1, -0.05) is 27.7 Å². The molecular formula is C15H30N2O. The van der Waals surface area contributed by atoms with Gasteiger partial charge in [0.05, 0.1) is 0 Å². The van der Waals surface area contributed by atoms with E-state index in [0.717, 1.165) is 19.4 Å². The standard InChI is InChI=1S/C15H30N2O/c1-5-13(6-2)17(10-11(3)4)15(18)9-14(16)12-7-8-12/h11-14H,5-10,16H2,1-4H3. The lowest BCUT2D eigenvalue weighted by atomic mass is 10.0. The Labute approximate surface area is 112 Å². The summed E-state index contributed by atoms with van der Waals surface area (Å²) in [5, 5.41) is 0. The average molecular weight is 254 g/mol. The highest BCUT2D eigenvalue weighted by atomic mass is 16.2. The summed E-state index contributed by atoms with van der Waals surface area (Å²) in [5.74, 6) is 1.39. The van der Waals surface area contributed by atoms with E-state index >= 15 is 0 Å². The van der Waals surface area contributed by atoms with Crippen LogP contribution in [0.4, 0.5) is 0 Å². The number of rotatable bonds is 8. The van der Waals surface area contributed by atoms with Gasteiger partial charge in [0, 0.05) is 25.0 Å². The van der Waals surface area contributed by atoms with Gasteiger partial charge in [0.1, 0.15) is 0 Å². The molecule has 3 heteroatoms. The lowest BCUT2D eigenvalue weighted by molar-refractivity contribution is -0.134. The molecular weight excluding hydrogens is 224 g/mol. The maximum Gasteiger partial charge on any atom is 0.224 e. The molecule has 0 heterocycles. The zero-order chi connectivity index (χ0) is 13.7. The predicted octanol–water partition coefficient (Wildman–Crippen LogP) is 2.79. The van der Waals surface area contributed by atoms with Crippen LogP contribution in [0.15, 0.2) is 0 Å². The summed E-state index contributed by atoms with van der Waals surface area (Å²) in [5.41, 5.74) is 6.08. The Morgan fingerprint density at radius 3 is 2.22 bits per heavy atom. The van der Waals surface area contributed by atoms with Gasteiger partial charge < -0.3 is 10.6 Å². The fraction of sp³-hybridized carbons (Fsp3) is 0.933. The molecule has 1 aliphatic rings. The third-order valence-corrected chi connectivity index (χ3v) is 3.90. The molecule has 18 heavy (non-hydrogen) atoms. The Morgan fingerprint density at radius 1 is 1.28 bits per heavy atom. The van der Waals surface area contributed by atoms with E-state index in [0.29, 0.717) is 24.3 Å². The molecule has 1 fully saturated rings. The summed E-state index contributed by atoms with van der Waals surface area (Å²) < 4.78 is 0. The van der Waals surface area contributed by atoms with E-state index < -0.39 is 0 Å². The summed E-state index contributed by atoms with van der Waals surface area (Å²) in [6.07, 6.45) is 5.03. The number of nitrogens with zero attached hydrogens (tertiary/aromatic N) is 1. The first-order valence-electron chi connectivity index (χ1n) is 7.54. The fourth-order valence-corrected chi connectivity index (χ4v) is 2.59. The largest absolute Gasteiger partial charge is 0.339 e. The van der Waals surface area contributed by atoms with E-state index in [2.05, 4.69) is 32.6 Å². The summed E-state index contributed by atoms with van der Waals surface area (Å²) in [6.45, 7) is 9.53. The van der Waals surface area contributed by atoms with Crippen LogP contribution in [0.3, 0.4) is 0 Å². The molecule has 0 aromatic rings. The number of carbonyl (C=O) groups is 1. The van der Waals surface area contributed by atoms with E-state index in [1.807, 2.05) is 0 Å². The van der Waals surface area contributed by atoms with Gasteiger partial charge in [-0.15, -0.1) is 0 Å². The van der Waals surface area contributed by atoms with Gasteiger partial charge in [0.25, 0.3) is 0 Å². The molecule has 1 aliphatic carbocycles. The zero-order valence-corrected chi connectivity index (χ0v) is 12.5. The Hall–Kier alpha value is -0.570. The van der Waals surface area contributed by atoms with Crippen molar-refractivity contribution in [1.82, 2.24) is 4.90 Å². The quantitative estimate of drug-likeness (QED) is 0.724. The monoisotopic (exact) mass is 254 g/mol. The summed E-state index contributed by atoms with van der Waals surface area (Å²) >= 11 is 0. The van der Waals surface area contributed by atoms with Crippen molar-refractivity contribution in [2.24, 2.45) is 17.6 Å². The van der Waals surface area contributed by atoms with Crippen molar-refractivity contribution in [1.29, 1.82) is 0 Å². The second kappa shape index (κ2) is 7.13. The molecule has 1 rings (SSSR count). The van der Waals surface area contributed by atoms with Gasteiger partial charge in [0.15, 0.2) is 0 Å². The molecule has 3 nitrogen and oxygen atoms in total. The highest BCUT2D eigenvalue weighted by molar-refractivity contribution is 5.77. The number of carbonyl (C=O) groups excluding carboxylic acids is 1. The van der Waals surface area contributed by atoms with Crippen molar-refractivity contribution >= 4 is 5.91 Å². The second-order valence-corrected chi connectivity index (χ2v) is 6.12. The minimum absolute atomic E-state index is 0.0847. The topological polar surface area (TPSA) is 46.3 Å². The molecule has 106 valence electrons. The molecule has 0 aliphatic heterocycles. The van der Waals surface area contributed by atoms with Crippen LogP contribution in [-0.4, -0.2) is 29.4 Å². The number of hydrogen-bond donors (Lipinski definition) is 1. The second-order valence-electron chi connectivity index (χ2n) is 6.12.